The number of aliphatic carboxylic acids is 1. The van der Waals surface area contributed by atoms with Gasteiger partial charge >= 0.3 is 5.97 Å². The highest BCUT2D eigenvalue weighted by Gasteiger charge is 2.22. The number of halogens is 1. The van der Waals surface area contributed by atoms with Crippen LogP contribution in [-0.2, 0) is 4.79 Å². The average Bonchev–Trinajstić information content (AvgIpc) is 2.92. The summed E-state index contributed by atoms with van der Waals surface area (Å²) in [5, 5.41) is 12.5. The van der Waals surface area contributed by atoms with Gasteiger partial charge in [0, 0.05) is 10.0 Å². The third-order valence-corrected chi connectivity index (χ3v) is 6.42. The predicted octanol–water partition coefficient (Wildman–Crippen LogP) is 7.89. The number of carbonyl (C=O) groups excluding carboxylic acids is 1. The summed E-state index contributed by atoms with van der Waals surface area (Å²) in [6.07, 6.45) is -0.269. The number of carbonyl (C=O) groups is 2. The molecule has 4 rings (SSSR count). The number of carboxylic acids is 1. The Labute approximate surface area is 236 Å². The van der Waals surface area contributed by atoms with Crippen LogP contribution < -0.4 is 14.8 Å². The summed E-state index contributed by atoms with van der Waals surface area (Å²) in [6, 6.07) is 29.2. The first kappa shape index (κ1) is 27.9. The number of carboxylic acid groups (broad SMARTS) is 1. The van der Waals surface area contributed by atoms with E-state index in [1.54, 1.807) is 18.2 Å². The van der Waals surface area contributed by atoms with Crippen LogP contribution in [0, 0.1) is 5.92 Å². The summed E-state index contributed by atoms with van der Waals surface area (Å²) in [7, 11) is 0. The van der Waals surface area contributed by atoms with Crippen LogP contribution in [0.1, 0.15) is 42.2 Å². The molecule has 0 aliphatic heterocycles. The summed E-state index contributed by atoms with van der Waals surface area (Å²) >= 11 is 3.41. The van der Waals surface area contributed by atoms with Gasteiger partial charge in [0.1, 0.15) is 17.2 Å². The van der Waals surface area contributed by atoms with Crippen LogP contribution in [-0.4, -0.2) is 23.6 Å². The van der Waals surface area contributed by atoms with Crippen LogP contribution in [0.15, 0.2) is 102 Å². The first-order valence-electron chi connectivity index (χ1n) is 12.7. The number of rotatable bonds is 11. The maximum Gasteiger partial charge on any atom is 0.305 e. The van der Waals surface area contributed by atoms with Gasteiger partial charge in [0.25, 0.3) is 5.91 Å². The topological polar surface area (TPSA) is 84.9 Å². The SMILES string of the molecule is CC(C)COc1ccc(Br)cc1C(=O)NC(CC(=O)O)c1ccc(-c2ccccc2Oc2ccccc2)cc1. The third-order valence-electron chi connectivity index (χ3n) is 5.92. The number of hydrogen-bond acceptors (Lipinski definition) is 4. The van der Waals surface area contributed by atoms with Crippen LogP contribution in [0.4, 0.5) is 0 Å². The standard InChI is InChI=1S/C32H30BrNO5/c1-21(2)20-38-29-17-16-24(33)18-27(29)32(37)34-28(19-31(35)36)23-14-12-22(13-15-23)26-10-6-7-11-30(26)39-25-8-4-3-5-9-25/h3-18,21,28H,19-20H2,1-2H3,(H,34,37)(H,35,36). The molecule has 0 saturated heterocycles. The molecule has 7 heteroatoms. The van der Waals surface area contributed by atoms with Gasteiger partial charge in [-0.15, -0.1) is 0 Å². The van der Waals surface area contributed by atoms with Gasteiger partial charge in [0.2, 0.25) is 0 Å². The van der Waals surface area contributed by atoms with Crippen molar-refractivity contribution in [1.29, 1.82) is 0 Å². The van der Waals surface area contributed by atoms with Gasteiger partial charge in [-0.05, 0) is 53.4 Å². The summed E-state index contributed by atoms with van der Waals surface area (Å²) in [5.74, 6) is 0.740. The quantitative estimate of drug-likeness (QED) is 0.186. The van der Waals surface area contributed by atoms with Crippen molar-refractivity contribution in [3.63, 3.8) is 0 Å². The fraction of sp³-hybridized carbons (Fsp3) is 0.188. The molecule has 0 spiro atoms. The van der Waals surface area contributed by atoms with Gasteiger partial charge in [-0.25, -0.2) is 0 Å². The van der Waals surface area contributed by atoms with Crippen LogP contribution >= 0.6 is 15.9 Å². The van der Waals surface area contributed by atoms with E-state index >= 15 is 0 Å². The first-order valence-corrected chi connectivity index (χ1v) is 13.5. The molecule has 0 aliphatic rings. The van der Waals surface area contributed by atoms with Gasteiger partial charge in [0.05, 0.1) is 24.6 Å². The molecular weight excluding hydrogens is 558 g/mol. The van der Waals surface area contributed by atoms with Crippen LogP contribution in [0.2, 0.25) is 0 Å². The molecule has 0 fully saturated rings. The molecule has 4 aromatic carbocycles. The molecule has 39 heavy (non-hydrogen) atoms. The van der Waals surface area contributed by atoms with Crippen LogP contribution in [0.25, 0.3) is 11.1 Å². The number of hydrogen-bond donors (Lipinski definition) is 2. The minimum atomic E-state index is -1.02. The Morgan fingerprint density at radius 2 is 1.56 bits per heavy atom. The van der Waals surface area contributed by atoms with Crippen molar-refractivity contribution in [2.45, 2.75) is 26.3 Å². The molecule has 4 aromatic rings. The first-order chi connectivity index (χ1) is 18.8. The highest BCUT2D eigenvalue weighted by molar-refractivity contribution is 9.10. The highest BCUT2D eigenvalue weighted by Crippen LogP contribution is 2.34. The lowest BCUT2D eigenvalue weighted by molar-refractivity contribution is -0.137. The molecular formula is C32H30BrNO5. The Hall–Kier alpha value is -4.10. The summed E-state index contributed by atoms with van der Waals surface area (Å²) < 4.78 is 12.7. The molecule has 0 heterocycles. The van der Waals surface area contributed by atoms with E-state index in [0.717, 1.165) is 21.3 Å². The lowest BCUT2D eigenvalue weighted by Crippen LogP contribution is -2.30. The monoisotopic (exact) mass is 587 g/mol. The molecule has 200 valence electrons. The van der Waals surface area contributed by atoms with E-state index in [2.05, 4.69) is 21.2 Å². The van der Waals surface area contributed by atoms with Crippen LogP contribution in [0.5, 0.6) is 17.2 Å². The van der Waals surface area contributed by atoms with Gasteiger partial charge in [-0.1, -0.05) is 90.4 Å². The largest absolute Gasteiger partial charge is 0.492 e. The Kier molecular flexibility index (Phi) is 9.39. The second-order valence-corrected chi connectivity index (χ2v) is 10.4. The minimum absolute atomic E-state index is 0.269. The second kappa shape index (κ2) is 13.1. The molecule has 0 aromatic heterocycles. The zero-order valence-electron chi connectivity index (χ0n) is 21.8. The summed E-state index contributed by atoms with van der Waals surface area (Å²) in [6.45, 7) is 4.51. The highest BCUT2D eigenvalue weighted by atomic mass is 79.9. The fourth-order valence-electron chi connectivity index (χ4n) is 4.03. The van der Waals surface area contributed by atoms with Crippen molar-refractivity contribution in [3.05, 3.63) is 113 Å². The van der Waals surface area contributed by atoms with E-state index in [0.29, 0.717) is 29.2 Å². The van der Waals surface area contributed by atoms with E-state index in [-0.39, 0.29) is 12.3 Å². The lowest BCUT2D eigenvalue weighted by atomic mass is 9.98. The van der Waals surface area contributed by atoms with Crippen LogP contribution in [0.3, 0.4) is 0 Å². The molecule has 0 radical (unpaired) electrons. The van der Waals surface area contributed by atoms with Crippen molar-refractivity contribution < 1.29 is 24.2 Å². The van der Waals surface area contributed by atoms with Gasteiger partial charge < -0.3 is 19.9 Å². The molecule has 6 nitrogen and oxygen atoms in total. The molecule has 2 N–H and O–H groups in total. The van der Waals surface area contributed by atoms with E-state index in [9.17, 15) is 14.7 Å². The molecule has 0 aliphatic carbocycles. The predicted molar refractivity (Wildman–Crippen MR) is 155 cm³/mol. The molecule has 1 amide bonds. The van der Waals surface area contributed by atoms with Gasteiger partial charge in [-0.2, -0.15) is 0 Å². The number of amides is 1. The van der Waals surface area contributed by atoms with Crippen molar-refractivity contribution in [2.75, 3.05) is 6.61 Å². The van der Waals surface area contributed by atoms with E-state index in [1.807, 2.05) is 92.7 Å². The maximum atomic E-state index is 13.3. The lowest BCUT2D eigenvalue weighted by Gasteiger charge is -2.20. The Morgan fingerprint density at radius 1 is 0.872 bits per heavy atom. The normalized spacial score (nSPS) is 11.6. The minimum Gasteiger partial charge on any atom is -0.492 e. The summed E-state index contributed by atoms with van der Waals surface area (Å²) in [5.41, 5.74) is 2.81. The van der Waals surface area contributed by atoms with Gasteiger partial charge in [0.15, 0.2) is 0 Å². The Bertz CT molecular complexity index is 1420. The summed E-state index contributed by atoms with van der Waals surface area (Å²) in [4.78, 5) is 25.0. The Balaban J connectivity index is 1.57. The number of nitrogens with one attached hydrogen (secondary N) is 1. The zero-order chi connectivity index (χ0) is 27.8. The number of para-hydroxylation sites is 2. The van der Waals surface area contributed by atoms with E-state index in [1.165, 1.54) is 0 Å². The van der Waals surface area contributed by atoms with Crippen molar-refractivity contribution in [2.24, 2.45) is 5.92 Å². The van der Waals surface area contributed by atoms with Crippen molar-refractivity contribution in [3.8, 4) is 28.4 Å². The Morgan fingerprint density at radius 3 is 2.26 bits per heavy atom. The number of benzene rings is 4. The molecule has 1 atom stereocenters. The molecule has 0 bridgehead atoms. The maximum absolute atomic E-state index is 13.3. The molecule has 1 unspecified atom stereocenters. The van der Waals surface area contributed by atoms with Crippen molar-refractivity contribution in [1.82, 2.24) is 5.32 Å². The van der Waals surface area contributed by atoms with Crippen molar-refractivity contribution >= 4 is 27.8 Å². The second-order valence-electron chi connectivity index (χ2n) is 9.50. The van der Waals surface area contributed by atoms with E-state index in [4.69, 9.17) is 9.47 Å². The zero-order valence-corrected chi connectivity index (χ0v) is 23.4. The molecule has 0 saturated carbocycles. The smallest absolute Gasteiger partial charge is 0.305 e. The van der Waals surface area contributed by atoms with E-state index < -0.39 is 17.9 Å². The number of ether oxygens (including phenoxy) is 2. The average molecular weight is 588 g/mol. The fourth-order valence-corrected chi connectivity index (χ4v) is 4.39. The van der Waals surface area contributed by atoms with Gasteiger partial charge in [-0.3, -0.25) is 9.59 Å². The third kappa shape index (κ3) is 7.71.